The third-order valence-electron chi connectivity index (χ3n) is 7.53. The number of ether oxygens (including phenoxy) is 2. The SMILES string of the molecule is C=CCCCCC(COC(=O)C(CCCCCCC)CCCCCCCCC)OC(=O)CCCCCN(C)C. The van der Waals surface area contributed by atoms with E-state index in [0.717, 1.165) is 77.2 Å². The first-order chi connectivity index (χ1) is 18.9. The summed E-state index contributed by atoms with van der Waals surface area (Å²) in [5.41, 5.74) is 0. The number of carbonyl (C=O) groups is 2. The molecule has 230 valence electrons. The largest absolute Gasteiger partial charge is 0.462 e. The van der Waals surface area contributed by atoms with E-state index in [1.807, 2.05) is 6.08 Å². The van der Waals surface area contributed by atoms with E-state index < -0.39 is 0 Å². The average Bonchev–Trinajstić information content (AvgIpc) is 2.91. The van der Waals surface area contributed by atoms with Gasteiger partial charge in [-0.3, -0.25) is 9.59 Å². The average molecular weight is 552 g/mol. The summed E-state index contributed by atoms with van der Waals surface area (Å²) in [4.78, 5) is 27.8. The van der Waals surface area contributed by atoms with E-state index in [0.29, 0.717) is 6.42 Å². The van der Waals surface area contributed by atoms with Crippen LogP contribution < -0.4 is 0 Å². The molecule has 0 spiro atoms. The second-order valence-electron chi connectivity index (χ2n) is 11.7. The Labute approximate surface area is 242 Å². The number of nitrogens with zero attached hydrogens (tertiary/aromatic N) is 1. The Hall–Kier alpha value is -1.36. The van der Waals surface area contributed by atoms with E-state index in [4.69, 9.17) is 9.47 Å². The molecule has 0 N–H and O–H groups in total. The monoisotopic (exact) mass is 551 g/mol. The van der Waals surface area contributed by atoms with Crippen molar-refractivity contribution in [1.29, 1.82) is 0 Å². The van der Waals surface area contributed by atoms with Gasteiger partial charge in [-0.15, -0.1) is 6.58 Å². The maximum absolute atomic E-state index is 13.2. The number of allylic oxidation sites excluding steroid dienone is 1. The van der Waals surface area contributed by atoms with Crippen molar-refractivity contribution in [2.24, 2.45) is 5.92 Å². The molecule has 0 aromatic carbocycles. The molecule has 0 heterocycles. The maximum Gasteiger partial charge on any atom is 0.309 e. The standard InChI is InChI=1S/C34H65NO4/c1-6-9-12-15-16-18-21-26-31(25-20-17-13-10-7-2)34(37)38-30-32(27-22-14-11-8-3)39-33(36)28-23-19-24-29-35(4)5/h8,31-32H,3,6-7,9-30H2,1-2,4-5H3. The molecule has 0 amide bonds. The summed E-state index contributed by atoms with van der Waals surface area (Å²) in [6.07, 6.45) is 25.2. The molecule has 0 aliphatic heterocycles. The molecule has 0 aliphatic rings. The molecule has 2 unspecified atom stereocenters. The molecule has 5 heteroatoms. The minimum atomic E-state index is -0.350. The van der Waals surface area contributed by atoms with Gasteiger partial charge in [0.1, 0.15) is 12.7 Å². The Morgan fingerprint density at radius 2 is 1.26 bits per heavy atom. The number of unbranched alkanes of at least 4 members (excludes halogenated alkanes) is 14. The van der Waals surface area contributed by atoms with E-state index in [1.54, 1.807) is 0 Å². The molecule has 2 atom stereocenters. The highest BCUT2D eigenvalue weighted by atomic mass is 16.6. The molecule has 5 nitrogen and oxygen atoms in total. The van der Waals surface area contributed by atoms with E-state index in [9.17, 15) is 9.59 Å². The molecule has 0 saturated heterocycles. The van der Waals surface area contributed by atoms with Gasteiger partial charge in [0.15, 0.2) is 0 Å². The van der Waals surface area contributed by atoms with Gasteiger partial charge in [0, 0.05) is 6.42 Å². The van der Waals surface area contributed by atoms with Gasteiger partial charge < -0.3 is 14.4 Å². The summed E-state index contributed by atoms with van der Waals surface area (Å²) in [6, 6.07) is 0. The third kappa shape index (κ3) is 25.4. The molecule has 0 fully saturated rings. The minimum Gasteiger partial charge on any atom is -0.462 e. The predicted octanol–water partition coefficient (Wildman–Crippen LogP) is 9.43. The summed E-state index contributed by atoms with van der Waals surface area (Å²) in [5.74, 6) is -0.288. The number of hydrogen-bond acceptors (Lipinski definition) is 5. The number of esters is 2. The molecule has 0 aliphatic carbocycles. The molecule has 39 heavy (non-hydrogen) atoms. The topological polar surface area (TPSA) is 55.8 Å². The zero-order valence-corrected chi connectivity index (χ0v) is 26.5. The van der Waals surface area contributed by atoms with Crippen LogP contribution in [0.2, 0.25) is 0 Å². The van der Waals surface area contributed by atoms with Crippen molar-refractivity contribution in [2.75, 3.05) is 27.2 Å². The molecule has 0 aromatic heterocycles. The van der Waals surface area contributed by atoms with Crippen LogP contribution in [0.4, 0.5) is 0 Å². The van der Waals surface area contributed by atoms with Gasteiger partial charge in [0.05, 0.1) is 5.92 Å². The molecule has 0 radical (unpaired) electrons. The Morgan fingerprint density at radius 1 is 0.718 bits per heavy atom. The predicted molar refractivity (Wildman–Crippen MR) is 166 cm³/mol. The van der Waals surface area contributed by atoms with E-state index in [2.05, 4.69) is 39.4 Å². The molecular weight excluding hydrogens is 486 g/mol. The van der Waals surface area contributed by atoms with Crippen LogP contribution in [0.5, 0.6) is 0 Å². The van der Waals surface area contributed by atoms with Crippen molar-refractivity contribution in [2.45, 2.75) is 161 Å². The fraction of sp³-hybridized carbons (Fsp3) is 0.882. The van der Waals surface area contributed by atoms with Gasteiger partial charge in [-0.2, -0.15) is 0 Å². The van der Waals surface area contributed by atoms with Crippen LogP contribution in [-0.4, -0.2) is 50.2 Å². The highest BCUT2D eigenvalue weighted by Gasteiger charge is 2.22. The van der Waals surface area contributed by atoms with Crippen LogP contribution >= 0.6 is 0 Å². The first-order valence-electron chi connectivity index (χ1n) is 16.6. The number of carbonyl (C=O) groups excluding carboxylic acids is 2. The van der Waals surface area contributed by atoms with Crippen molar-refractivity contribution >= 4 is 11.9 Å². The fourth-order valence-electron chi connectivity index (χ4n) is 4.97. The summed E-state index contributed by atoms with van der Waals surface area (Å²) < 4.78 is 11.6. The Kier molecular flexibility index (Phi) is 27.2. The number of hydrogen-bond donors (Lipinski definition) is 0. The van der Waals surface area contributed by atoms with Gasteiger partial charge in [-0.25, -0.2) is 0 Å². The maximum atomic E-state index is 13.2. The van der Waals surface area contributed by atoms with Crippen LogP contribution in [0.3, 0.4) is 0 Å². The summed E-state index contributed by atoms with van der Waals surface area (Å²) in [5, 5.41) is 0. The first kappa shape index (κ1) is 37.6. The lowest BCUT2D eigenvalue weighted by molar-refractivity contribution is -0.162. The quantitative estimate of drug-likeness (QED) is 0.0526. The van der Waals surface area contributed by atoms with Crippen LogP contribution in [0.1, 0.15) is 155 Å². The second-order valence-corrected chi connectivity index (χ2v) is 11.7. The smallest absolute Gasteiger partial charge is 0.309 e. The molecule has 0 saturated carbocycles. The lowest BCUT2D eigenvalue weighted by atomic mass is 9.94. The molecular formula is C34H65NO4. The van der Waals surface area contributed by atoms with Gasteiger partial charge >= 0.3 is 11.9 Å². The normalized spacial score (nSPS) is 12.8. The Bertz CT molecular complexity index is 578. The Morgan fingerprint density at radius 3 is 1.82 bits per heavy atom. The number of rotatable bonds is 29. The van der Waals surface area contributed by atoms with Crippen molar-refractivity contribution in [3.8, 4) is 0 Å². The van der Waals surface area contributed by atoms with E-state index in [1.165, 1.54) is 64.2 Å². The highest BCUT2D eigenvalue weighted by Crippen LogP contribution is 2.21. The molecule has 0 bridgehead atoms. The van der Waals surface area contributed by atoms with Crippen molar-refractivity contribution < 1.29 is 19.1 Å². The molecule has 0 aromatic rings. The van der Waals surface area contributed by atoms with E-state index >= 15 is 0 Å². The Balaban J connectivity index is 4.75. The van der Waals surface area contributed by atoms with Crippen LogP contribution in [0.25, 0.3) is 0 Å². The fourth-order valence-corrected chi connectivity index (χ4v) is 4.97. The van der Waals surface area contributed by atoms with E-state index in [-0.39, 0.29) is 30.6 Å². The molecule has 0 rings (SSSR count). The minimum absolute atomic E-state index is 0.0314. The zero-order chi connectivity index (χ0) is 29.0. The van der Waals surface area contributed by atoms with Gasteiger partial charge in [-0.05, 0) is 72.0 Å². The lowest BCUT2D eigenvalue weighted by Crippen LogP contribution is -2.28. The third-order valence-corrected chi connectivity index (χ3v) is 7.53. The summed E-state index contributed by atoms with van der Waals surface area (Å²) >= 11 is 0. The van der Waals surface area contributed by atoms with Crippen LogP contribution in [0, 0.1) is 5.92 Å². The van der Waals surface area contributed by atoms with Crippen molar-refractivity contribution in [3.05, 3.63) is 12.7 Å². The summed E-state index contributed by atoms with van der Waals surface area (Å²) in [6.45, 7) is 9.49. The van der Waals surface area contributed by atoms with Gasteiger partial charge in [0.25, 0.3) is 0 Å². The first-order valence-corrected chi connectivity index (χ1v) is 16.6. The summed E-state index contributed by atoms with van der Waals surface area (Å²) in [7, 11) is 4.14. The highest BCUT2D eigenvalue weighted by molar-refractivity contribution is 5.72. The van der Waals surface area contributed by atoms with Gasteiger partial charge in [0.2, 0.25) is 0 Å². The zero-order valence-electron chi connectivity index (χ0n) is 26.5. The second kappa shape index (κ2) is 28.2. The lowest BCUT2D eigenvalue weighted by Gasteiger charge is -2.21. The van der Waals surface area contributed by atoms with Crippen LogP contribution in [-0.2, 0) is 19.1 Å². The van der Waals surface area contributed by atoms with Crippen LogP contribution in [0.15, 0.2) is 12.7 Å². The van der Waals surface area contributed by atoms with Crippen molar-refractivity contribution in [3.63, 3.8) is 0 Å². The van der Waals surface area contributed by atoms with Crippen molar-refractivity contribution in [1.82, 2.24) is 4.90 Å². The van der Waals surface area contributed by atoms with Gasteiger partial charge in [-0.1, -0.05) is 103 Å².